The average molecular weight is 664 g/mol. The molecule has 0 bridgehead atoms. The molecule has 0 aliphatic heterocycles. The van der Waals surface area contributed by atoms with E-state index in [1.54, 1.807) is 0 Å². The number of anilines is 3. The van der Waals surface area contributed by atoms with Crippen LogP contribution >= 0.6 is 0 Å². The van der Waals surface area contributed by atoms with Gasteiger partial charge in [-0.3, -0.25) is 0 Å². The smallest absolute Gasteiger partial charge is 0.159 e. The van der Waals surface area contributed by atoms with Crippen LogP contribution in [0.3, 0.4) is 0 Å². The van der Waals surface area contributed by atoms with Crippen molar-refractivity contribution in [3.8, 4) is 33.4 Å². The summed E-state index contributed by atoms with van der Waals surface area (Å²) in [6.07, 6.45) is 0. The van der Waals surface area contributed by atoms with E-state index in [0.29, 0.717) is 0 Å². The van der Waals surface area contributed by atoms with Gasteiger partial charge in [0.2, 0.25) is 0 Å². The Kier molecular flexibility index (Phi) is 7.18. The zero-order valence-electron chi connectivity index (χ0n) is 28.4. The molecule has 0 radical (unpaired) electrons. The molecule has 2 heteroatoms. The van der Waals surface area contributed by atoms with Crippen LogP contribution in [0.25, 0.3) is 76.9 Å². The quantitative estimate of drug-likeness (QED) is 0.165. The van der Waals surface area contributed by atoms with Crippen molar-refractivity contribution in [3.05, 3.63) is 200 Å². The van der Waals surface area contributed by atoms with Gasteiger partial charge < -0.3 is 9.32 Å². The minimum absolute atomic E-state index is 0.866. The van der Waals surface area contributed by atoms with Crippen molar-refractivity contribution in [1.82, 2.24) is 0 Å². The number of hydrogen-bond acceptors (Lipinski definition) is 2. The molecule has 0 aliphatic carbocycles. The van der Waals surface area contributed by atoms with Gasteiger partial charge in [0.25, 0.3) is 0 Å². The summed E-state index contributed by atoms with van der Waals surface area (Å²) in [6, 6.07) is 71.5. The second-order valence-corrected chi connectivity index (χ2v) is 13.3. The van der Waals surface area contributed by atoms with Gasteiger partial charge in [-0.15, -0.1) is 0 Å². The fourth-order valence-corrected chi connectivity index (χ4v) is 7.65. The molecule has 0 amide bonds. The van der Waals surface area contributed by atoms with Crippen LogP contribution in [0.4, 0.5) is 17.1 Å². The molecule has 0 saturated heterocycles. The highest BCUT2D eigenvalue weighted by Crippen LogP contribution is 2.45. The van der Waals surface area contributed by atoms with Gasteiger partial charge in [-0.05, 0) is 85.9 Å². The zero-order chi connectivity index (χ0) is 34.4. The molecule has 10 aromatic rings. The average Bonchev–Trinajstić information content (AvgIpc) is 3.62. The molecule has 10 rings (SSSR count). The maximum atomic E-state index is 7.02. The van der Waals surface area contributed by atoms with E-state index in [0.717, 1.165) is 44.4 Å². The SMILES string of the molecule is c1ccc(-c2ccc(-c3ccc(N(c4ccc(-c5ccccc5)cc4)c4cccc5c4oc4c5ccc5ccc6ccccc6c54)cc3)cc2)cc1. The Morgan fingerprint density at radius 1 is 0.288 bits per heavy atom. The summed E-state index contributed by atoms with van der Waals surface area (Å²) in [5.41, 5.74) is 12.1. The van der Waals surface area contributed by atoms with Crippen molar-refractivity contribution < 1.29 is 4.42 Å². The van der Waals surface area contributed by atoms with Crippen LogP contribution in [0.15, 0.2) is 205 Å². The Balaban J connectivity index is 1.12. The normalized spacial score (nSPS) is 11.5. The highest BCUT2D eigenvalue weighted by molar-refractivity contribution is 6.24. The van der Waals surface area contributed by atoms with Crippen LogP contribution in [0.1, 0.15) is 0 Å². The van der Waals surface area contributed by atoms with Gasteiger partial charge in [0.05, 0.1) is 5.69 Å². The Labute approximate surface area is 302 Å². The van der Waals surface area contributed by atoms with Gasteiger partial charge in [-0.1, -0.05) is 164 Å². The molecule has 0 saturated carbocycles. The first-order chi connectivity index (χ1) is 25.8. The summed E-state index contributed by atoms with van der Waals surface area (Å²) in [4.78, 5) is 2.32. The topological polar surface area (TPSA) is 16.4 Å². The van der Waals surface area contributed by atoms with Gasteiger partial charge in [0.1, 0.15) is 5.58 Å². The van der Waals surface area contributed by atoms with E-state index in [9.17, 15) is 0 Å². The lowest BCUT2D eigenvalue weighted by atomic mass is 9.99. The van der Waals surface area contributed by atoms with Crippen LogP contribution in [0, 0.1) is 0 Å². The van der Waals surface area contributed by atoms with Crippen molar-refractivity contribution in [2.24, 2.45) is 0 Å². The standard InChI is InChI=1S/C50H33NO/c1-3-10-34(11-4-1)36-18-20-37(21-19-36)39-26-31-43(32-27-39)51(42-29-24-38(25-30-42)35-12-5-2-6-13-35)47-17-9-16-45-46-33-28-41-23-22-40-14-7-8-15-44(40)48(41)50(46)52-49(45)47/h1-33H. The van der Waals surface area contributed by atoms with E-state index in [4.69, 9.17) is 4.42 Å². The van der Waals surface area contributed by atoms with Crippen molar-refractivity contribution in [2.45, 2.75) is 0 Å². The minimum atomic E-state index is 0.866. The number of rotatable bonds is 6. The molecule has 0 atom stereocenters. The van der Waals surface area contributed by atoms with Crippen LogP contribution in [0.5, 0.6) is 0 Å². The second-order valence-electron chi connectivity index (χ2n) is 13.3. The first-order valence-corrected chi connectivity index (χ1v) is 17.8. The van der Waals surface area contributed by atoms with Gasteiger partial charge in [-0.2, -0.15) is 0 Å². The Morgan fingerprint density at radius 2 is 0.731 bits per heavy atom. The molecule has 1 heterocycles. The lowest BCUT2D eigenvalue weighted by Gasteiger charge is -2.26. The van der Waals surface area contributed by atoms with E-state index >= 15 is 0 Å². The third kappa shape index (κ3) is 5.12. The highest BCUT2D eigenvalue weighted by Gasteiger charge is 2.21. The lowest BCUT2D eigenvalue weighted by Crippen LogP contribution is -2.10. The summed E-state index contributed by atoms with van der Waals surface area (Å²) in [5.74, 6) is 0. The molecule has 0 fully saturated rings. The van der Waals surface area contributed by atoms with E-state index in [1.165, 1.54) is 49.5 Å². The minimum Gasteiger partial charge on any atom is -0.453 e. The molecular formula is C50H33NO. The number of furan rings is 1. The van der Waals surface area contributed by atoms with E-state index in [2.05, 4.69) is 205 Å². The molecule has 0 aliphatic rings. The molecule has 0 unspecified atom stereocenters. The first-order valence-electron chi connectivity index (χ1n) is 17.8. The highest BCUT2D eigenvalue weighted by atomic mass is 16.3. The summed E-state index contributed by atoms with van der Waals surface area (Å²) in [6.45, 7) is 0. The summed E-state index contributed by atoms with van der Waals surface area (Å²) in [7, 11) is 0. The largest absolute Gasteiger partial charge is 0.453 e. The zero-order valence-corrected chi connectivity index (χ0v) is 28.4. The molecular weight excluding hydrogens is 631 g/mol. The summed E-state index contributed by atoms with van der Waals surface area (Å²) in [5, 5.41) is 6.95. The first kappa shape index (κ1) is 30.0. The number of hydrogen-bond donors (Lipinski definition) is 0. The molecule has 0 spiro atoms. The Hall–Kier alpha value is -6.90. The van der Waals surface area contributed by atoms with Crippen LogP contribution in [0.2, 0.25) is 0 Å². The van der Waals surface area contributed by atoms with Crippen molar-refractivity contribution in [1.29, 1.82) is 0 Å². The van der Waals surface area contributed by atoms with E-state index < -0.39 is 0 Å². The molecule has 52 heavy (non-hydrogen) atoms. The predicted octanol–water partition coefficient (Wildman–Crippen LogP) is 14.4. The molecule has 244 valence electrons. The van der Waals surface area contributed by atoms with Crippen molar-refractivity contribution in [2.75, 3.05) is 4.90 Å². The maximum absolute atomic E-state index is 7.02. The number of benzene rings is 9. The third-order valence-corrected chi connectivity index (χ3v) is 10.3. The van der Waals surface area contributed by atoms with E-state index in [1.807, 2.05) is 0 Å². The van der Waals surface area contributed by atoms with Gasteiger partial charge in [0.15, 0.2) is 5.58 Å². The van der Waals surface area contributed by atoms with Crippen LogP contribution in [-0.4, -0.2) is 0 Å². The monoisotopic (exact) mass is 663 g/mol. The molecule has 2 nitrogen and oxygen atoms in total. The van der Waals surface area contributed by atoms with Crippen molar-refractivity contribution >= 4 is 60.5 Å². The Bertz CT molecular complexity index is 2850. The number of para-hydroxylation sites is 1. The van der Waals surface area contributed by atoms with Gasteiger partial charge in [0, 0.05) is 27.5 Å². The molecule has 9 aromatic carbocycles. The Morgan fingerprint density at radius 3 is 1.33 bits per heavy atom. The second kappa shape index (κ2) is 12.5. The predicted molar refractivity (Wildman–Crippen MR) is 220 cm³/mol. The fourth-order valence-electron chi connectivity index (χ4n) is 7.65. The van der Waals surface area contributed by atoms with E-state index in [-0.39, 0.29) is 0 Å². The van der Waals surface area contributed by atoms with Crippen LogP contribution in [-0.2, 0) is 0 Å². The molecule has 0 N–H and O–H groups in total. The van der Waals surface area contributed by atoms with Gasteiger partial charge in [-0.25, -0.2) is 0 Å². The van der Waals surface area contributed by atoms with Crippen LogP contribution < -0.4 is 4.90 Å². The fraction of sp³-hybridized carbons (Fsp3) is 0. The summed E-state index contributed by atoms with van der Waals surface area (Å²) < 4.78 is 7.02. The summed E-state index contributed by atoms with van der Waals surface area (Å²) >= 11 is 0. The number of nitrogens with zero attached hydrogens (tertiary/aromatic N) is 1. The third-order valence-electron chi connectivity index (χ3n) is 10.3. The lowest BCUT2D eigenvalue weighted by molar-refractivity contribution is 0.673. The number of fused-ring (bicyclic) bond motifs is 7. The van der Waals surface area contributed by atoms with Gasteiger partial charge >= 0.3 is 0 Å². The van der Waals surface area contributed by atoms with Crippen molar-refractivity contribution in [3.63, 3.8) is 0 Å². The molecule has 1 aromatic heterocycles. The maximum Gasteiger partial charge on any atom is 0.159 e.